The highest BCUT2D eigenvalue weighted by Gasteiger charge is 2.49. The van der Waals surface area contributed by atoms with E-state index in [4.69, 9.17) is 0 Å². The second-order valence-corrected chi connectivity index (χ2v) is 3.54. The molecule has 1 rings (SSSR count). The molecular weight excluding hydrogens is 200 g/mol. The van der Waals surface area contributed by atoms with Gasteiger partial charge in [-0.1, -0.05) is 0 Å². The van der Waals surface area contributed by atoms with Gasteiger partial charge in [0.2, 0.25) is 10.8 Å². The number of hydrogen-bond donors (Lipinski definition) is 0. The number of esters is 1. The summed E-state index contributed by atoms with van der Waals surface area (Å²) < 4.78 is 4.62. The number of Topliss-reactive ketones (excluding diaryl/α,β-unsaturated/α-hetero) is 1. The maximum absolute atomic E-state index is 11.0. The Bertz CT molecular complexity index is 197. The molecule has 4 heteroatoms. The van der Waals surface area contributed by atoms with E-state index < -0.39 is 16.4 Å². The lowest BCUT2D eigenvalue weighted by Crippen LogP contribution is -2.26. The Labute approximate surface area is 66.9 Å². The van der Waals surface area contributed by atoms with E-state index in [1.807, 2.05) is 0 Å². The van der Waals surface area contributed by atoms with Crippen LogP contribution in [0, 0.1) is 5.41 Å². The van der Waals surface area contributed by atoms with Crippen molar-refractivity contribution in [3.8, 4) is 0 Å². The van der Waals surface area contributed by atoms with Gasteiger partial charge >= 0.3 is 5.97 Å². The minimum Gasteiger partial charge on any atom is -0.442 e. The van der Waals surface area contributed by atoms with Crippen LogP contribution in [0.25, 0.3) is 0 Å². The molecule has 0 aromatic carbocycles. The summed E-state index contributed by atoms with van der Waals surface area (Å²) in [7, 11) is 0. The molecule has 0 N–H and O–H groups in total. The summed E-state index contributed by atoms with van der Waals surface area (Å²) in [4.78, 5) is 21.9. The number of cyclic esters (lactones) is 1. The highest BCUT2D eigenvalue weighted by Crippen LogP contribution is 2.31. The molecule has 1 unspecified atom stereocenters. The summed E-state index contributed by atoms with van der Waals surface area (Å²) in [5.74, 6) is -0.670. The summed E-state index contributed by atoms with van der Waals surface area (Å²) in [6, 6.07) is 0. The lowest BCUT2D eigenvalue weighted by atomic mass is 9.91. The standard InChI is InChI=1S/C6H7BrO3/c1-6(2)3(8)4(7)10-5(6)9/h4H,1-2H3. The molecule has 10 heavy (non-hydrogen) atoms. The number of carbonyl (C=O) groups is 2. The normalized spacial score (nSPS) is 30.5. The molecule has 0 spiro atoms. The lowest BCUT2D eigenvalue weighted by Gasteiger charge is -2.06. The zero-order chi connectivity index (χ0) is 7.94. The van der Waals surface area contributed by atoms with Gasteiger partial charge in [0.1, 0.15) is 5.41 Å². The molecule has 1 heterocycles. The molecule has 1 aliphatic heterocycles. The van der Waals surface area contributed by atoms with Crippen molar-refractivity contribution in [1.29, 1.82) is 0 Å². The maximum Gasteiger partial charge on any atom is 0.320 e. The van der Waals surface area contributed by atoms with E-state index >= 15 is 0 Å². The second kappa shape index (κ2) is 2.05. The smallest absolute Gasteiger partial charge is 0.320 e. The quantitative estimate of drug-likeness (QED) is 0.336. The van der Waals surface area contributed by atoms with Crippen molar-refractivity contribution in [2.75, 3.05) is 0 Å². The zero-order valence-corrected chi connectivity index (χ0v) is 7.27. The van der Waals surface area contributed by atoms with Gasteiger partial charge in [-0.3, -0.25) is 9.59 Å². The molecule has 1 fully saturated rings. The predicted octanol–water partition coefficient (Wildman–Crippen LogP) is 0.859. The molecule has 3 nitrogen and oxygen atoms in total. The van der Waals surface area contributed by atoms with Crippen LogP contribution in [0.5, 0.6) is 0 Å². The number of carbonyl (C=O) groups excluding carboxylic acids is 2. The maximum atomic E-state index is 11.0. The molecule has 0 aromatic heterocycles. The van der Waals surface area contributed by atoms with Gasteiger partial charge in [-0.15, -0.1) is 0 Å². The number of rotatable bonds is 0. The van der Waals surface area contributed by atoms with Crippen LogP contribution < -0.4 is 0 Å². The number of ether oxygens (including phenoxy) is 1. The third kappa shape index (κ3) is 0.868. The Kier molecular flexibility index (Phi) is 1.58. The fraction of sp³-hybridized carbons (Fsp3) is 0.667. The van der Waals surface area contributed by atoms with Gasteiger partial charge in [0.25, 0.3) is 0 Å². The Morgan fingerprint density at radius 2 is 2.00 bits per heavy atom. The molecule has 0 radical (unpaired) electrons. The van der Waals surface area contributed by atoms with Crippen LogP contribution in [0.4, 0.5) is 0 Å². The fourth-order valence-electron chi connectivity index (χ4n) is 0.679. The number of halogens is 1. The third-order valence-electron chi connectivity index (χ3n) is 1.54. The van der Waals surface area contributed by atoms with E-state index in [0.29, 0.717) is 0 Å². The first-order valence-corrected chi connectivity index (χ1v) is 3.77. The Morgan fingerprint density at radius 3 is 2.10 bits per heavy atom. The van der Waals surface area contributed by atoms with Gasteiger partial charge < -0.3 is 4.74 Å². The number of ketones is 1. The van der Waals surface area contributed by atoms with Crippen LogP contribution in [-0.2, 0) is 14.3 Å². The highest BCUT2D eigenvalue weighted by atomic mass is 79.9. The third-order valence-corrected chi connectivity index (χ3v) is 2.15. The number of alkyl halides is 1. The van der Waals surface area contributed by atoms with Crippen molar-refractivity contribution in [1.82, 2.24) is 0 Å². The van der Waals surface area contributed by atoms with E-state index in [1.54, 1.807) is 13.8 Å². The molecule has 56 valence electrons. The summed E-state index contributed by atoms with van der Waals surface area (Å²) in [6.07, 6.45) is 0. The van der Waals surface area contributed by atoms with Crippen molar-refractivity contribution in [3.63, 3.8) is 0 Å². The zero-order valence-electron chi connectivity index (χ0n) is 5.68. The van der Waals surface area contributed by atoms with Crippen LogP contribution in [-0.4, -0.2) is 16.8 Å². The van der Waals surface area contributed by atoms with Crippen LogP contribution in [0.1, 0.15) is 13.8 Å². The van der Waals surface area contributed by atoms with Crippen LogP contribution in [0.3, 0.4) is 0 Å². The molecule has 0 saturated carbocycles. The second-order valence-electron chi connectivity index (χ2n) is 2.71. The lowest BCUT2D eigenvalue weighted by molar-refractivity contribution is -0.145. The monoisotopic (exact) mass is 206 g/mol. The van der Waals surface area contributed by atoms with E-state index in [2.05, 4.69) is 20.7 Å². The molecule has 0 aromatic rings. The van der Waals surface area contributed by atoms with E-state index in [1.165, 1.54) is 0 Å². The minimum absolute atomic E-state index is 0.211. The van der Waals surface area contributed by atoms with Gasteiger partial charge in [0.05, 0.1) is 0 Å². The van der Waals surface area contributed by atoms with Crippen molar-refractivity contribution in [3.05, 3.63) is 0 Å². The van der Waals surface area contributed by atoms with E-state index in [0.717, 1.165) is 0 Å². The van der Waals surface area contributed by atoms with Gasteiger partial charge in [-0.05, 0) is 29.8 Å². The summed E-state index contributed by atoms with van der Waals surface area (Å²) in [5.41, 5.74) is -0.964. The van der Waals surface area contributed by atoms with Crippen molar-refractivity contribution in [2.45, 2.75) is 18.9 Å². The Morgan fingerprint density at radius 1 is 1.50 bits per heavy atom. The molecular formula is C6H7BrO3. The average Bonchev–Trinajstić information content (AvgIpc) is 1.97. The molecule has 0 aliphatic carbocycles. The molecule has 1 atom stereocenters. The topological polar surface area (TPSA) is 43.4 Å². The molecule has 0 bridgehead atoms. The first-order chi connectivity index (χ1) is 4.46. The Balaban J connectivity index is 2.96. The fourth-order valence-corrected chi connectivity index (χ4v) is 1.42. The van der Waals surface area contributed by atoms with Gasteiger partial charge in [0.15, 0.2) is 0 Å². The van der Waals surface area contributed by atoms with Crippen molar-refractivity contribution >= 4 is 27.7 Å². The van der Waals surface area contributed by atoms with Crippen molar-refractivity contribution < 1.29 is 14.3 Å². The summed E-state index contributed by atoms with van der Waals surface area (Å²) >= 11 is 2.93. The first-order valence-electron chi connectivity index (χ1n) is 2.85. The van der Waals surface area contributed by atoms with E-state index in [-0.39, 0.29) is 5.78 Å². The van der Waals surface area contributed by atoms with Crippen LogP contribution in [0.15, 0.2) is 0 Å². The average molecular weight is 207 g/mol. The minimum atomic E-state index is -0.964. The van der Waals surface area contributed by atoms with Crippen LogP contribution in [0.2, 0.25) is 0 Å². The largest absolute Gasteiger partial charge is 0.442 e. The Hall–Kier alpha value is -0.380. The first kappa shape index (κ1) is 7.72. The molecule has 1 saturated heterocycles. The SMILES string of the molecule is CC1(C)C(=O)OC(Br)C1=O. The molecule has 1 aliphatic rings. The van der Waals surface area contributed by atoms with Gasteiger partial charge in [0, 0.05) is 0 Å². The molecule has 0 amide bonds. The van der Waals surface area contributed by atoms with E-state index in [9.17, 15) is 9.59 Å². The highest BCUT2D eigenvalue weighted by molar-refractivity contribution is 9.09. The predicted molar refractivity (Wildman–Crippen MR) is 37.6 cm³/mol. The summed E-state index contributed by atoms with van der Waals surface area (Å²) in [5, 5.41) is -0.741. The van der Waals surface area contributed by atoms with Crippen LogP contribution >= 0.6 is 15.9 Å². The summed E-state index contributed by atoms with van der Waals surface area (Å²) in [6.45, 7) is 3.11. The van der Waals surface area contributed by atoms with Gasteiger partial charge in [-0.2, -0.15) is 0 Å². The van der Waals surface area contributed by atoms with Gasteiger partial charge in [-0.25, -0.2) is 0 Å². The van der Waals surface area contributed by atoms with Crippen molar-refractivity contribution in [2.24, 2.45) is 5.41 Å². The number of hydrogen-bond acceptors (Lipinski definition) is 3.